The minimum atomic E-state index is -0.646. The molecule has 9 nitrogen and oxygen atoms in total. The molecule has 1 aliphatic carbocycles. The van der Waals surface area contributed by atoms with E-state index >= 15 is 0 Å². The molecule has 9 heteroatoms. The number of ether oxygens (including phenoxy) is 1. The Labute approximate surface area is 292 Å². The van der Waals surface area contributed by atoms with Gasteiger partial charge in [-0.25, -0.2) is 10.2 Å². The van der Waals surface area contributed by atoms with Gasteiger partial charge in [0.2, 0.25) is 0 Å². The van der Waals surface area contributed by atoms with Crippen LogP contribution in [0.25, 0.3) is 16.9 Å². The molecule has 0 unspecified atom stereocenters. The minimum absolute atomic E-state index is 0.0689. The van der Waals surface area contributed by atoms with Crippen LogP contribution in [-0.2, 0) is 34.4 Å². The number of nitrogens with one attached hydrogen (secondary N) is 1. The smallest absolute Gasteiger partial charge is 0.280 e. The number of rotatable bonds is 14. The number of hydrogen-bond acceptors (Lipinski definition) is 6. The highest BCUT2D eigenvalue weighted by Crippen LogP contribution is 2.46. The molecule has 1 saturated carbocycles. The number of aromatic nitrogens is 3. The van der Waals surface area contributed by atoms with Crippen LogP contribution in [0.5, 0.6) is 0 Å². The largest absolute Gasteiger partial charge is 0.385 e. The lowest BCUT2D eigenvalue weighted by Gasteiger charge is -2.19. The molecule has 2 aromatic heterocycles. The fourth-order valence-electron chi connectivity index (χ4n) is 7.26. The van der Waals surface area contributed by atoms with Gasteiger partial charge >= 0.3 is 0 Å². The SMILES string of the molecule is COCC[C@@H]1C[C@@H](CC(=O)Cc2c(C)c(-c3cc(C(=O)NOCc4ccccc4)c(=O)n(C)c3)nn2-c2ccccc2)[C@H](c2ccccc2)C1. The normalized spacial score (nSPS) is 17.1. The molecule has 3 aromatic carbocycles. The molecule has 0 bridgehead atoms. The molecule has 1 amide bonds. The predicted octanol–water partition coefficient (Wildman–Crippen LogP) is 6.76. The summed E-state index contributed by atoms with van der Waals surface area (Å²) < 4.78 is 8.58. The number of Topliss-reactive ketones (excluding diaryl/α,β-unsaturated/α-hetero) is 1. The van der Waals surface area contributed by atoms with E-state index in [0.29, 0.717) is 29.5 Å². The van der Waals surface area contributed by atoms with Crippen molar-refractivity contribution in [3.05, 3.63) is 142 Å². The topological polar surface area (TPSA) is 104 Å². The third kappa shape index (κ3) is 8.01. The van der Waals surface area contributed by atoms with Crippen LogP contribution >= 0.6 is 0 Å². The van der Waals surface area contributed by atoms with E-state index in [-0.39, 0.29) is 30.3 Å². The highest BCUT2D eigenvalue weighted by atomic mass is 16.6. The van der Waals surface area contributed by atoms with Crippen molar-refractivity contribution in [2.24, 2.45) is 18.9 Å². The van der Waals surface area contributed by atoms with E-state index in [1.807, 2.05) is 78.3 Å². The number of para-hydroxylation sites is 1. The molecular formula is C41H44N4O5. The molecule has 50 heavy (non-hydrogen) atoms. The molecule has 1 fully saturated rings. The summed E-state index contributed by atoms with van der Waals surface area (Å²) >= 11 is 0. The highest BCUT2D eigenvalue weighted by molar-refractivity contribution is 5.94. The number of nitrogens with zero attached hydrogens (tertiary/aromatic N) is 3. The maximum Gasteiger partial charge on any atom is 0.280 e. The molecule has 258 valence electrons. The Morgan fingerprint density at radius 3 is 2.32 bits per heavy atom. The molecule has 5 aromatic rings. The molecule has 0 radical (unpaired) electrons. The van der Waals surface area contributed by atoms with Crippen LogP contribution in [0.15, 0.2) is 108 Å². The molecule has 6 rings (SSSR count). The van der Waals surface area contributed by atoms with Gasteiger partial charge in [0.1, 0.15) is 11.3 Å². The van der Waals surface area contributed by atoms with E-state index in [0.717, 1.165) is 48.4 Å². The van der Waals surface area contributed by atoms with E-state index in [9.17, 15) is 14.4 Å². The molecule has 1 aliphatic rings. The van der Waals surface area contributed by atoms with Crippen LogP contribution in [0.2, 0.25) is 0 Å². The van der Waals surface area contributed by atoms with Crippen LogP contribution in [0.4, 0.5) is 0 Å². The van der Waals surface area contributed by atoms with Crippen molar-refractivity contribution in [3.63, 3.8) is 0 Å². The zero-order chi connectivity index (χ0) is 35.0. The number of amides is 1. The first-order valence-corrected chi connectivity index (χ1v) is 17.2. The number of benzene rings is 3. The second-order valence-corrected chi connectivity index (χ2v) is 13.2. The van der Waals surface area contributed by atoms with E-state index < -0.39 is 11.5 Å². The van der Waals surface area contributed by atoms with Crippen molar-refractivity contribution in [2.75, 3.05) is 13.7 Å². The van der Waals surface area contributed by atoms with Gasteiger partial charge in [-0.05, 0) is 78.8 Å². The number of pyridine rings is 1. The molecule has 1 N–H and O–H groups in total. The van der Waals surface area contributed by atoms with Crippen molar-refractivity contribution < 1.29 is 19.2 Å². The van der Waals surface area contributed by atoms with Crippen molar-refractivity contribution in [2.45, 2.75) is 51.6 Å². The van der Waals surface area contributed by atoms with Gasteiger partial charge in [0.25, 0.3) is 11.5 Å². The summed E-state index contributed by atoms with van der Waals surface area (Å²) in [5.74, 6) is 0.595. The van der Waals surface area contributed by atoms with Gasteiger partial charge in [-0.15, -0.1) is 0 Å². The summed E-state index contributed by atoms with van der Waals surface area (Å²) in [4.78, 5) is 45.7. The first-order chi connectivity index (χ1) is 24.3. The zero-order valence-corrected chi connectivity index (χ0v) is 28.9. The Kier molecular flexibility index (Phi) is 11.2. The summed E-state index contributed by atoms with van der Waals surface area (Å²) in [6.45, 7) is 2.83. The predicted molar refractivity (Wildman–Crippen MR) is 193 cm³/mol. The van der Waals surface area contributed by atoms with E-state index in [2.05, 4.69) is 29.7 Å². The fraction of sp³-hybridized carbons (Fsp3) is 0.317. The lowest BCUT2D eigenvalue weighted by atomic mass is 9.85. The van der Waals surface area contributed by atoms with Crippen LogP contribution in [-0.4, -0.2) is 39.8 Å². The number of hydrogen-bond donors (Lipinski definition) is 1. The Morgan fingerprint density at radius 1 is 0.940 bits per heavy atom. The van der Waals surface area contributed by atoms with Gasteiger partial charge in [-0.3, -0.25) is 19.2 Å². The summed E-state index contributed by atoms with van der Waals surface area (Å²) in [7, 11) is 3.34. The molecule has 0 saturated heterocycles. The Morgan fingerprint density at radius 2 is 1.62 bits per heavy atom. The van der Waals surface area contributed by atoms with Gasteiger partial charge in [0.15, 0.2) is 0 Å². The molecular weight excluding hydrogens is 628 g/mol. The summed E-state index contributed by atoms with van der Waals surface area (Å²) in [6, 6.07) is 31.2. The lowest BCUT2D eigenvalue weighted by Crippen LogP contribution is -2.32. The van der Waals surface area contributed by atoms with Gasteiger partial charge in [-0.2, -0.15) is 5.10 Å². The van der Waals surface area contributed by atoms with Gasteiger partial charge in [0.05, 0.1) is 23.7 Å². The van der Waals surface area contributed by atoms with Crippen LogP contribution in [0.1, 0.15) is 64.3 Å². The second kappa shape index (κ2) is 16.1. The maximum atomic E-state index is 14.0. The van der Waals surface area contributed by atoms with Crippen LogP contribution in [0, 0.1) is 18.8 Å². The van der Waals surface area contributed by atoms with Crippen molar-refractivity contribution in [1.82, 2.24) is 19.8 Å². The molecule has 2 heterocycles. The van der Waals surface area contributed by atoms with Gasteiger partial charge in [-0.1, -0.05) is 78.9 Å². The fourth-order valence-corrected chi connectivity index (χ4v) is 7.26. The number of ketones is 1. The lowest BCUT2D eigenvalue weighted by molar-refractivity contribution is -0.119. The minimum Gasteiger partial charge on any atom is -0.385 e. The summed E-state index contributed by atoms with van der Waals surface area (Å²) in [5, 5.41) is 4.99. The molecule has 0 spiro atoms. The van der Waals surface area contributed by atoms with Crippen LogP contribution < -0.4 is 11.0 Å². The van der Waals surface area contributed by atoms with Crippen LogP contribution in [0.3, 0.4) is 0 Å². The third-order valence-corrected chi connectivity index (χ3v) is 9.80. The number of hydroxylamine groups is 1. The molecule has 3 atom stereocenters. The summed E-state index contributed by atoms with van der Waals surface area (Å²) in [5.41, 5.74) is 7.66. The number of carbonyl (C=O) groups is 2. The second-order valence-electron chi connectivity index (χ2n) is 13.2. The Bertz CT molecular complexity index is 1970. The first-order valence-electron chi connectivity index (χ1n) is 17.2. The maximum absolute atomic E-state index is 14.0. The summed E-state index contributed by atoms with van der Waals surface area (Å²) in [6.07, 6.45) is 5.40. The van der Waals surface area contributed by atoms with Crippen molar-refractivity contribution >= 4 is 11.7 Å². The third-order valence-electron chi connectivity index (χ3n) is 9.80. The monoisotopic (exact) mass is 672 g/mol. The highest BCUT2D eigenvalue weighted by Gasteiger charge is 2.36. The van der Waals surface area contributed by atoms with E-state index in [4.69, 9.17) is 14.7 Å². The first kappa shape index (κ1) is 34.7. The number of methoxy groups -OCH3 is 1. The van der Waals surface area contributed by atoms with Gasteiger partial charge < -0.3 is 9.30 Å². The average Bonchev–Trinajstić information content (AvgIpc) is 3.69. The quantitative estimate of drug-likeness (QED) is 0.131. The average molecular weight is 673 g/mol. The standard InChI is InChI=1S/C41H44N4O5/c1-28-38(25-35(46)23-32-21-30(19-20-49-3)22-36(32)31-15-9-5-10-16-31)45(34-17-11-6-12-18-34)42-39(28)33-24-37(41(48)44(2)26-33)40(47)43-50-27-29-13-7-4-8-14-29/h4-18,24,26,30,32,36H,19-23,25,27H2,1-3H3,(H,43,47)/t30-,32+,36+/m1/s1. The number of aryl methyl sites for hydroxylation is 1. The van der Waals surface area contributed by atoms with Crippen molar-refractivity contribution in [3.8, 4) is 16.9 Å². The van der Waals surface area contributed by atoms with E-state index in [1.54, 1.807) is 26.4 Å². The van der Waals surface area contributed by atoms with Gasteiger partial charge in [0, 0.05) is 45.4 Å². The number of carbonyl (C=O) groups excluding carboxylic acids is 2. The molecule has 0 aliphatic heterocycles. The zero-order valence-electron chi connectivity index (χ0n) is 28.9. The van der Waals surface area contributed by atoms with E-state index in [1.165, 1.54) is 10.1 Å². The van der Waals surface area contributed by atoms with Crippen molar-refractivity contribution in [1.29, 1.82) is 0 Å². The Balaban J connectivity index is 1.27. The Hall–Kier alpha value is -5.12.